The molecule has 1 atom stereocenters. The number of nitrogens with zero attached hydrogens (tertiary/aromatic N) is 1. The smallest absolute Gasteiger partial charge is 0.290 e. The van der Waals surface area contributed by atoms with Gasteiger partial charge in [-0.3, -0.25) is 9.59 Å². The fourth-order valence-corrected chi connectivity index (χ4v) is 3.89. The number of Topliss-reactive ketones (excluding diaryl/α,β-unsaturated/α-hetero) is 1. The Morgan fingerprint density at radius 1 is 1.16 bits per heavy atom. The SMILES string of the molecule is CCCCN1C(=O)C(O)=C(C(=O)c2cc3ccccc3o2)C1c1ccc(OC)c(O)c1. The highest BCUT2D eigenvalue weighted by atomic mass is 16.5. The Labute approximate surface area is 179 Å². The van der Waals surface area contributed by atoms with Crippen LogP contribution in [0.3, 0.4) is 0 Å². The number of fused-ring (bicyclic) bond motifs is 1. The molecule has 0 bridgehead atoms. The van der Waals surface area contributed by atoms with Crippen molar-refractivity contribution in [2.24, 2.45) is 0 Å². The summed E-state index contributed by atoms with van der Waals surface area (Å²) in [5.74, 6) is -1.59. The van der Waals surface area contributed by atoms with Gasteiger partial charge in [-0.25, -0.2) is 0 Å². The number of aliphatic hydroxyl groups excluding tert-OH is 1. The molecule has 0 saturated heterocycles. The Balaban J connectivity index is 1.81. The number of hydrogen-bond donors (Lipinski definition) is 2. The summed E-state index contributed by atoms with van der Waals surface area (Å²) in [7, 11) is 1.43. The molecular weight excluding hydrogens is 398 g/mol. The number of amides is 1. The van der Waals surface area contributed by atoms with Gasteiger partial charge in [-0.1, -0.05) is 37.6 Å². The van der Waals surface area contributed by atoms with Gasteiger partial charge in [0.2, 0.25) is 5.78 Å². The molecule has 1 aliphatic heterocycles. The Morgan fingerprint density at radius 2 is 1.94 bits per heavy atom. The minimum Gasteiger partial charge on any atom is -0.504 e. The maximum absolute atomic E-state index is 13.4. The summed E-state index contributed by atoms with van der Waals surface area (Å²) in [4.78, 5) is 27.7. The zero-order valence-electron chi connectivity index (χ0n) is 17.3. The molecule has 7 heteroatoms. The van der Waals surface area contributed by atoms with Crippen molar-refractivity contribution < 1.29 is 29.0 Å². The van der Waals surface area contributed by atoms with Gasteiger partial charge in [0.15, 0.2) is 23.0 Å². The Bertz CT molecular complexity index is 1160. The number of unbranched alkanes of at least 4 members (excludes halogenated alkanes) is 1. The molecule has 7 nitrogen and oxygen atoms in total. The van der Waals surface area contributed by atoms with Crippen LogP contribution in [0.15, 0.2) is 64.3 Å². The first-order chi connectivity index (χ1) is 15.0. The van der Waals surface area contributed by atoms with Gasteiger partial charge in [0.05, 0.1) is 18.7 Å². The van der Waals surface area contributed by atoms with E-state index in [0.717, 1.165) is 11.8 Å². The number of ketones is 1. The average Bonchev–Trinajstić information content (AvgIpc) is 3.31. The standard InChI is InChI=1S/C24H23NO6/c1-3-4-11-25-21(15-9-10-18(30-2)16(26)12-15)20(23(28)24(25)29)22(27)19-13-14-7-5-6-8-17(14)31-19/h5-10,12-13,21,26,28H,3-4,11H2,1-2H3. The molecule has 1 aromatic heterocycles. The Kier molecular flexibility index (Phi) is 5.42. The van der Waals surface area contributed by atoms with Gasteiger partial charge in [-0.2, -0.15) is 0 Å². The number of phenolic OH excluding ortho intramolecular Hbond substituents is 1. The predicted molar refractivity (Wildman–Crippen MR) is 114 cm³/mol. The summed E-state index contributed by atoms with van der Waals surface area (Å²) in [6.07, 6.45) is 1.53. The van der Waals surface area contributed by atoms with Gasteiger partial charge in [0.1, 0.15) is 5.58 Å². The molecule has 31 heavy (non-hydrogen) atoms. The van der Waals surface area contributed by atoms with E-state index in [1.54, 1.807) is 30.3 Å². The molecule has 1 aliphatic rings. The summed E-state index contributed by atoms with van der Waals surface area (Å²) in [5.41, 5.74) is 0.965. The van der Waals surface area contributed by atoms with E-state index in [1.165, 1.54) is 18.1 Å². The molecule has 0 saturated carbocycles. The number of aromatic hydroxyl groups is 1. The number of phenols is 1. The summed E-state index contributed by atoms with van der Waals surface area (Å²) in [6.45, 7) is 2.34. The molecular formula is C24H23NO6. The van der Waals surface area contributed by atoms with E-state index < -0.39 is 23.5 Å². The maximum Gasteiger partial charge on any atom is 0.290 e. The van der Waals surface area contributed by atoms with Gasteiger partial charge in [0, 0.05) is 11.9 Å². The minimum absolute atomic E-state index is 0.0376. The van der Waals surface area contributed by atoms with E-state index in [1.807, 2.05) is 19.1 Å². The molecule has 0 spiro atoms. The second kappa shape index (κ2) is 8.18. The number of furan rings is 1. The molecule has 1 unspecified atom stereocenters. The van der Waals surface area contributed by atoms with Crippen LogP contribution in [0.25, 0.3) is 11.0 Å². The zero-order valence-corrected chi connectivity index (χ0v) is 17.3. The van der Waals surface area contributed by atoms with Crippen LogP contribution in [0.1, 0.15) is 41.9 Å². The van der Waals surface area contributed by atoms with Crippen LogP contribution >= 0.6 is 0 Å². The lowest BCUT2D eigenvalue weighted by molar-refractivity contribution is -0.129. The third kappa shape index (κ3) is 3.52. The fraction of sp³-hybridized carbons (Fsp3) is 0.250. The number of hydrogen-bond acceptors (Lipinski definition) is 6. The van der Waals surface area contributed by atoms with Gasteiger partial charge in [-0.15, -0.1) is 0 Å². The number of ether oxygens (including phenoxy) is 1. The number of para-hydroxylation sites is 1. The van der Waals surface area contributed by atoms with Crippen molar-refractivity contribution in [1.82, 2.24) is 4.90 Å². The first-order valence-electron chi connectivity index (χ1n) is 10.1. The second-order valence-corrected chi connectivity index (χ2v) is 7.43. The number of rotatable bonds is 7. The number of benzene rings is 2. The van der Waals surface area contributed by atoms with Crippen LogP contribution in [0.5, 0.6) is 11.5 Å². The van der Waals surface area contributed by atoms with Gasteiger partial charge in [-0.05, 0) is 36.2 Å². The molecule has 160 valence electrons. The average molecular weight is 421 g/mol. The van der Waals surface area contributed by atoms with E-state index in [0.29, 0.717) is 24.1 Å². The van der Waals surface area contributed by atoms with Crippen molar-refractivity contribution in [2.75, 3.05) is 13.7 Å². The van der Waals surface area contributed by atoms with Crippen LogP contribution in [-0.2, 0) is 4.79 Å². The first kappa shape index (κ1) is 20.5. The van der Waals surface area contributed by atoms with E-state index in [2.05, 4.69) is 0 Å². The highest BCUT2D eigenvalue weighted by Crippen LogP contribution is 2.42. The quantitative estimate of drug-likeness (QED) is 0.544. The van der Waals surface area contributed by atoms with Crippen molar-refractivity contribution in [3.8, 4) is 11.5 Å². The van der Waals surface area contributed by atoms with Crippen molar-refractivity contribution in [1.29, 1.82) is 0 Å². The molecule has 2 heterocycles. The van der Waals surface area contributed by atoms with Crippen LogP contribution in [-0.4, -0.2) is 40.5 Å². The molecule has 4 rings (SSSR count). The van der Waals surface area contributed by atoms with Crippen molar-refractivity contribution >= 4 is 22.7 Å². The zero-order chi connectivity index (χ0) is 22.1. The monoisotopic (exact) mass is 421 g/mol. The Morgan fingerprint density at radius 3 is 2.61 bits per heavy atom. The number of carbonyl (C=O) groups is 2. The topological polar surface area (TPSA) is 100 Å². The lowest BCUT2D eigenvalue weighted by Crippen LogP contribution is -2.32. The number of carbonyl (C=O) groups excluding carboxylic acids is 2. The van der Waals surface area contributed by atoms with Crippen molar-refractivity contribution in [3.05, 3.63) is 71.2 Å². The summed E-state index contributed by atoms with van der Waals surface area (Å²) >= 11 is 0. The highest BCUT2D eigenvalue weighted by Gasteiger charge is 2.44. The molecule has 1 amide bonds. The van der Waals surface area contributed by atoms with Crippen LogP contribution in [0.4, 0.5) is 0 Å². The Hall–Kier alpha value is -3.74. The van der Waals surface area contributed by atoms with Crippen LogP contribution in [0.2, 0.25) is 0 Å². The normalized spacial score (nSPS) is 16.4. The summed E-state index contributed by atoms with van der Waals surface area (Å²) in [5, 5.41) is 21.7. The largest absolute Gasteiger partial charge is 0.504 e. The summed E-state index contributed by atoms with van der Waals surface area (Å²) in [6, 6.07) is 12.6. The second-order valence-electron chi connectivity index (χ2n) is 7.43. The highest BCUT2D eigenvalue weighted by molar-refractivity contribution is 6.16. The van der Waals surface area contributed by atoms with E-state index in [9.17, 15) is 19.8 Å². The lowest BCUT2D eigenvalue weighted by Gasteiger charge is -2.26. The van der Waals surface area contributed by atoms with Gasteiger partial charge in [0.25, 0.3) is 5.91 Å². The minimum atomic E-state index is -0.850. The van der Waals surface area contributed by atoms with Crippen molar-refractivity contribution in [3.63, 3.8) is 0 Å². The maximum atomic E-state index is 13.4. The van der Waals surface area contributed by atoms with Crippen LogP contribution in [0, 0.1) is 0 Å². The number of methoxy groups -OCH3 is 1. The molecule has 2 N–H and O–H groups in total. The van der Waals surface area contributed by atoms with Crippen LogP contribution < -0.4 is 4.74 Å². The lowest BCUT2D eigenvalue weighted by atomic mass is 9.94. The fourth-order valence-electron chi connectivity index (χ4n) is 3.89. The van der Waals surface area contributed by atoms with E-state index in [-0.39, 0.29) is 22.8 Å². The molecule has 0 aliphatic carbocycles. The van der Waals surface area contributed by atoms with Gasteiger partial charge >= 0.3 is 0 Å². The predicted octanol–water partition coefficient (Wildman–Crippen LogP) is 4.53. The molecule has 0 radical (unpaired) electrons. The number of aliphatic hydroxyl groups is 1. The molecule has 0 fully saturated rings. The first-order valence-corrected chi connectivity index (χ1v) is 10.1. The molecule has 2 aromatic carbocycles. The third-order valence-electron chi connectivity index (χ3n) is 5.47. The summed E-state index contributed by atoms with van der Waals surface area (Å²) < 4.78 is 10.8. The van der Waals surface area contributed by atoms with Crippen molar-refractivity contribution in [2.45, 2.75) is 25.8 Å². The van der Waals surface area contributed by atoms with E-state index in [4.69, 9.17) is 9.15 Å². The molecule has 3 aromatic rings. The third-order valence-corrected chi connectivity index (χ3v) is 5.47. The van der Waals surface area contributed by atoms with Gasteiger partial charge < -0.3 is 24.3 Å². The van der Waals surface area contributed by atoms with E-state index >= 15 is 0 Å².